The van der Waals surface area contributed by atoms with Crippen molar-refractivity contribution in [3.63, 3.8) is 0 Å². The first-order chi connectivity index (χ1) is 8.21. The van der Waals surface area contributed by atoms with Gasteiger partial charge in [0.25, 0.3) is 0 Å². The van der Waals surface area contributed by atoms with Crippen LogP contribution in [-0.4, -0.2) is 60.9 Å². The number of likely N-dealkylation sites (tertiary alicyclic amines) is 1. The highest BCUT2D eigenvalue weighted by Crippen LogP contribution is 2.25. The lowest BCUT2D eigenvalue weighted by atomic mass is 10.1. The van der Waals surface area contributed by atoms with E-state index in [-0.39, 0.29) is 23.3 Å². The summed E-state index contributed by atoms with van der Waals surface area (Å²) in [5.41, 5.74) is -0.199. The van der Waals surface area contributed by atoms with Crippen LogP contribution in [0.25, 0.3) is 0 Å². The van der Waals surface area contributed by atoms with Crippen LogP contribution < -0.4 is 5.32 Å². The fourth-order valence-electron chi connectivity index (χ4n) is 2.08. The molecule has 1 unspecified atom stereocenters. The Hall–Kier alpha value is -1.10. The summed E-state index contributed by atoms with van der Waals surface area (Å²) < 4.78 is 0. The van der Waals surface area contributed by atoms with E-state index < -0.39 is 0 Å². The van der Waals surface area contributed by atoms with Gasteiger partial charge in [0.15, 0.2) is 0 Å². The van der Waals surface area contributed by atoms with Gasteiger partial charge in [0.2, 0.25) is 11.8 Å². The normalized spacial score (nSPS) is 20.7. The van der Waals surface area contributed by atoms with Crippen molar-refractivity contribution in [3.8, 4) is 0 Å². The van der Waals surface area contributed by atoms with Gasteiger partial charge in [0, 0.05) is 31.6 Å². The minimum atomic E-state index is -0.199. The highest BCUT2D eigenvalue weighted by atomic mass is 16.2. The number of likely N-dealkylation sites (N-methyl/N-ethyl adjacent to an activating group) is 1. The van der Waals surface area contributed by atoms with Crippen LogP contribution in [0.1, 0.15) is 27.2 Å². The van der Waals surface area contributed by atoms with E-state index in [0.29, 0.717) is 19.5 Å². The summed E-state index contributed by atoms with van der Waals surface area (Å²) in [5, 5.41) is 2.89. The molecule has 0 radical (unpaired) electrons. The lowest BCUT2D eigenvalue weighted by Crippen LogP contribution is -2.43. The first-order valence-electron chi connectivity index (χ1n) is 6.44. The van der Waals surface area contributed by atoms with Crippen LogP contribution in [0.5, 0.6) is 0 Å². The maximum absolute atomic E-state index is 11.9. The van der Waals surface area contributed by atoms with Crippen LogP contribution in [0.15, 0.2) is 0 Å². The third-order valence-electron chi connectivity index (χ3n) is 3.16. The molecule has 0 aliphatic carbocycles. The summed E-state index contributed by atoms with van der Waals surface area (Å²) in [5.74, 6) is -0.119. The van der Waals surface area contributed by atoms with E-state index in [4.69, 9.17) is 0 Å². The molecule has 0 bridgehead atoms. The number of nitrogens with one attached hydrogen (secondary N) is 1. The number of rotatable bonds is 4. The molecule has 2 amide bonds. The standard InChI is InChI=1S/C13H25N3O2/c1-13(2,3)16-9-10(8-11(16)17)12(18)14-6-7-15(4)5/h10H,6-9H2,1-5H3,(H,14,18). The smallest absolute Gasteiger partial charge is 0.225 e. The third-order valence-corrected chi connectivity index (χ3v) is 3.16. The minimum absolute atomic E-state index is 0.00282. The van der Waals surface area contributed by atoms with Gasteiger partial charge < -0.3 is 15.1 Å². The molecule has 1 aliphatic rings. The molecule has 0 saturated carbocycles. The Kier molecular flexibility index (Phi) is 4.73. The SMILES string of the molecule is CN(C)CCNC(=O)C1CC(=O)N(C(C)(C)C)C1. The first kappa shape index (κ1) is 15.0. The Morgan fingerprint density at radius 3 is 2.50 bits per heavy atom. The van der Waals surface area contributed by atoms with Gasteiger partial charge in [-0.25, -0.2) is 0 Å². The molecule has 18 heavy (non-hydrogen) atoms. The van der Waals surface area contributed by atoms with Gasteiger partial charge in [-0.15, -0.1) is 0 Å². The molecule has 1 saturated heterocycles. The predicted octanol–water partition coefficient (Wildman–Crippen LogP) is 0.311. The molecule has 0 aromatic carbocycles. The van der Waals surface area contributed by atoms with Crippen LogP contribution in [0.4, 0.5) is 0 Å². The summed E-state index contributed by atoms with van der Waals surface area (Å²) in [4.78, 5) is 27.6. The van der Waals surface area contributed by atoms with Crippen molar-refractivity contribution in [3.05, 3.63) is 0 Å². The highest BCUT2D eigenvalue weighted by Gasteiger charge is 2.39. The van der Waals surface area contributed by atoms with Gasteiger partial charge in [0.1, 0.15) is 0 Å². The van der Waals surface area contributed by atoms with E-state index >= 15 is 0 Å². The Bertz CT molecular complexity index is 321. The van der Waals surface area contributed by atoms with E-state index in [0.717, 1.165) is 6.54 Å². The summed E-state index contributed by atoms with van der Waals surface area (Å²) in [6.07, 6.45) is 0.338. The van der Waals surface area contributed by atoms with Crippen molar-refractivity contribution in [2.75, 3.05) is 33.7 Å². The van der Waals surface area contributed by atoms with Crippen LogP contribution in [0.2, 0.25) is 0 Å². The summed E-state index contributed by atoms with van der Waals surface area (Å²) in [6.45, 7) is 7.98. The van der Waals surface area contributed by atoms with E-state index in [1.54, 1.807) is 4.90 Å². The third kappa shape index (κ3) is 3.98. The Labute approximate surface area is 110 Å². The number of carbonyl (C=O) groups is 2. The number of hydrogen-bond donors (Lipinski definition) is 1. The maximum Gasteiger partial charge on any atom is 0.225 e. The van der Waals surface area contributed by atoms with E-state index in [9.17, 15) is 9.59 Å². The van der Waals surface area contributed by atoms with Crippen molar-refractivity contribution in [2.45, 2.75) is 32.7 Å². The molecule has 1 heterocycles. The number of hydrogen-bond acceptors (Lipinski definition) is 3. The van der Waals surface area contributed by atoms with Gasteiger partial charge >= 0.3 is 0 Å². The second-order valence-electron chi connectivity index (χ2n) is 6.17. The summed E-state index contributed by atoms with van der Waals surface area (Å²) in [6, 6.07) is 0. The zero-order valence-electron chi connectivity index (χ0n) is 12.1. The fourth-order valence-corrected chi connectivity index (χ4v) is 2.08. The van der Waals surface area contributed by atoms with Crippen molar-refractivity contribution >= 4 is 11.8 Å². The topological polar surface area (TPSA) is 52.7 Å². The lowest BCUT2D eigenvalue weighted by Gasteiger charge is -2.31. The monoisotopic (exact) mass is 255 g/mol. The fraction of sp³-hybridized carbons (Fsp3) is 0.846. The molecule has 104 valence electrons. The zero-order valence-corrected chi connectivity index (χ0v) is 12.1. The van der Waals surface area contributed by atoms with Crippen molar-refractivity contribution in [1.29, 1.82) is 0 Å². The Balaban J connectivity index is 2.45. The van der Waals surface area contributed by atoms with Gasteiger partial charge in [-0.3, -0.25) is 9.59 Å². The number of carbonyl (C=O) groups excluding carboxylic acids is 2. The molecule has 1 N–H and O–H groups in total. The van der Waals surface area contributed by atoms with Crippen LogP contribution in [-0.2, 0) is 9.59 Å². The lowest BCUT2D eigenvalue weighted by molar-refractivity contribution is -0.132. The molecule has 1 fully saturated rings. The van der Waals surface area contributed by atoms with E-state index in [1.807, 2.05) is 39.8 Å². The van der Waals surface area contributed by atoms with E-state index in [1.165, 1.54) is 0 Å². The Morgan fingerprint density at radius 1 is 1.44 bits per heavy atom. The van der Waals surface area contributed by atoms with Gasteiger partial charge in [0.05, 0.1) is 5.92 Å². The average molecular weight is 255 g/mol. The zero-order chi connectivity index (χ0) is 13.9. The van der Waals surface area contributed by atoms with E-state index in [2.05, 4.69) is 5.32 Å². The summed E-state index contributed by atoms with van der Waals surface area (Å²) in [7, 11) is 3.93. The Morgan fingerprint density at radius 2 is 2.06 bits per heavy atom. The van der Waals surface area contributed by atoms with Crippen LogP contribution in [0, 0.1) is 5.92 Å². The van der Waals surface area contributed by atoms with Crippen molar-refractivity contribution in [2.24, 2.45) is 5.92 Å². The average Bonchev–Trinajstić information content (AvgIpc) is 2.59. The maximum atomic E-state index is 11.9. The van der Waals surface area contributed by atoms with Crippen LogP contribution >= 0.6 is 0 Å². The van der Waals surface area contributed by atoms with Crippen LogP contribution in [0.3, 0.4) is 0 Å². The quantitative estimate of drug-likeness (QED) is 0.786. The molecule has 0 aromatic heterocycles. The molecular formula is C13H25N3O2. The first-order valence-corrected chi connectivity index (χ1v) is 6.44. The molecule has 1 aliphatic heterocycles. The number of amides is 2. The molecule has 5 nitrogen and oxygen atoms in total. The molecule has 0 spiro atoms. The van der Waals surface area contributed by atoms with Gasteiger partial charge in [-0.05, 0) is 34.9 Å². The molecule has 5 heteroatoms. The predicted molar refractivity (Wildman–Crippen MR) is 71.1 cm³/mol. The molecule has 1 rings (SSSR count). The number of nitrogens with zero attached hydrogens (tertiary/aromatic N) is 2. The minimum Gasteiger partial charge on any atom is -0.355 e. The molecular weight excluding hydrogens is 230 g/mol. The second kappa shape index (κ2) is 5.69. The molecule has 1 atom stereocenters. The highest BCUT2D eigenvalue weighted by molar-refractivity contribution is 5.89. The van der Waals surface area contributed by atoms with Crippen molar-refractivity contribution in [1.82, 2.24) is 15.1 Å². The van der Waals surface area contributed by atoms with Gasteiger partial charge in [-0.2, -0.15) is 0 Å². The second-order valence-corrected chi connectivity index (χ2v) is 6.17. The largest absolute Gasteiger partial charge is 0.355 e. The summed E-state index contributed by atoms with van der Waals surface area (Å²) >= 11 is 0. The van der Waals surface area contributed by atoms with Crippen molar-refractivity contribution < 1.29 is 9.59 Å². The van der Waals surface area contributed by atoms with Gasteiger partial charge in [-0.1, -0.05) is 0 Å². The molecule has 0 aromatic rings.